The van der Waals surface area contributed by atoms with Crippen molar-refractivity contribution in [1.82, 2.24) is 5.32 Å². The predicted molar refractivity (Wildman–Crippen MR) is 83.3 cm³/mol. The number of hydrogen-bond donors (Lipinski definition) is 1. The Labute approximate surface area is 127 Å². The van der Waals surface area contributed by atoms with E-state index < -0.39 is 11.6 Å². The average Bonchev–Trinajstić information content (AvgIpc) is 2.37. The summed E-state index contributed by atoms with van der Waals surface area (Å²) in [4.78, 5) is 0. The lowest BCUT2D eigenvalue weighted by atomic mass is 9.70. The van der Waals surface area contributed by atoms with Crippen LogP contribution in [-0.4, -0.2) is 12.6 Å². The summed E-state index contributed by atoms with van der Waals surface area (Å²) in [6, 6.07) is 4.17. The summed E-state index contributed by atoms with van der Waals surface area (Å²) in [5, 5.41) is 3.52. The number of rotatable bonds is 5. The predicted octanol–water partition coefficient (Wildman–Crippen LogP) is 4.70. The Bertz CT molecular complexity index is 440. The van der Waals surface area contributed by atoms with Gasteiger partial charge in [-0.3, -0.25) is 0 Å². The molecular weight excluding hydrogens is 268 g/mol. The van der Waals surface area contributed by atoms with Gasteiger partial charge in [0.2, 0.25) is 0 Å². The highest BCUT2D eigenvalue weighted by molar-refractivity contribution is 5.19. The molecule has 3 heteroatoms. The third kappa shape index (κ3) is 4.77. The van der Waals surface area contributed by atoms with Gasteiger partial charge in [-0.2, -0.15) is 0 Å². The Morgan fingerprint density at radius 2 is 1.71 bits per heavy atom. The second-order valence-electron chi connectivity index (χ2n) is 7.15. The molecule has 0 spiro atoms. The molecule has 0 radical (unpaired) electrons. The molecule has 0 aliphatic heterocycles. The first-order valence-electron chi connectivity index (χ1n) is 8.08. The van der Waals surface area contributed by atoms with Crippen LogP contribution in [0, 0.1) is 23.0 Å². The Balaban J connectivity index is 2.05. The molecule has 21 heavy (non-hydrogen) atoms. The number of nitrogens with one attached hydrogen (secondary N) is 1. The molecule has 1 N–H and O–H groups in total. The normalized spacial score (nSPS) is 20.4. The van der Waals surface area contributed by atoms with E-state index in [-0.39, 0.29) is 0 Å². The zero-order valence-electron chi connectivity index (χ0n) is 13.4. The molecular formula is C18H27F2N. The molecule has 0 bridgehead atoms. The average molecular weight is 295 g/mol. The highest BCUT2D eigenvalue weighted by Gasteiger charge is 2.31. The van der Waals surface area contributed by atoms with Gasteiger partial charge in [-0.1, -0.05) is 20.8 Å². The lowest BCUT2D eigenvalue weighted by Crippen LogP contribution is -2.40. The standard InChI is InChI=1S/C18H27F2N/c1-4-21-17(14-5-7-18(2,3)8-6-14)11-13-9-15(19)12-16(20)10-13/h9-10,12,14,17,21H,4-8,11H2,1-3H3. The van der Waals surface area contributed by atoms with Gasteiger partial charge < -0.3 is 5.32 Å². The fourth-order valence-corrected chi connectivity index (χ4v) is 3.47. The van der Waals surface area contributed by atoms with Crippen LogP contribution in [0.5, 0.6) is 0 Å². The summed E-state index contributed by atoms with van der Waals surface area (Å²) in [5.74, 6) is -0.362. The lowest BCUT2D eigenvalue weighted by molar-refractivity contribution is 0.161. The molecule has 1 aromatic carbocycles. The summed E-state index contributed by atoms with van der Waals surface area (Å²) in [6.45, 7) is 7.63. The van der Waals surface area contributed by atoms with Gasteiger partial charge in [-0.05, 0) is 67.7 Å². The van der Waals surface area contributed by atoms with Crippen molar-refractivity contribution in [3.05, 3.63) is 35.4 Å². The van der Waals surface area contributed by atoms with Crippen LogP contribution in [0.3, 0.4) is 0 Å². The van der Waals surface area contributed by atoms with Crippen LogP contribution >= 0.6 is 0 Å². The van der Waals surface area contributed by atoms with Crippen molar-refractivity contribution >= 4 is 0 Å². The van der Waals surface area contributed by atoms with Crippen LogP contribution in [0.15, 0.2) is 18.2 Å². The van der Waals surface area contributed by atoms with Crippen molar-refractivity contribution in [3.63, 3.8) is 0 Å². The number of benzene rings is 1. The summed E-state index contributed by atoms with van der Waals surface area (Å²) in [5.41, 5.74) is 1.20. The first-order chi connectivity index (χ1) is 9.89. The molecule has 118 valence electrons. The van der Waals surface area contributed by atoms with Crippen molar-refractivity contribution in [3.8, 4) is 0 Å². The maximum Gasteiger partial charge on any atom is 0.126 e. The van der Waals surface area contributed by atoms with Gasteiger partial charge in [-0.15, -0.1) is 0 Å². The second kappa shape index (κ2) is 6.87. The number of hydrogen-bond acceptors (Lipinski definition) is 1. The highest BCUT2D eigenvalue weighted by Crippen LogP contribution is 2.39. The molecule has 1 unspecified atom stereocenters. The van der Waals surface area contributed by atoms with E-state index in [1.165, 1.54) is 37.8 Å². The van der Waals surface area contributed by atoms with E-state index in [1.807, 2.05) is 0 Å². The highest BCUT2D eigenvalue weighted by atomic mass is 19.1. The molecule has 0 saturated heterocycles. The molecule has 0 heterocycles. The van der Waals surface area contributed by atoms with Crippen LogP contribution in [0.2, 0.25) is 0 Å². The fraction of sp³-hybridized carbons (Fsp3) is 0.667. The first kappa shape index (κ1) is 16.4. The van der Waals surface area contributed by atoms with E-state index >= 15 is 0 Å². The molecule has 1 aliphatic rings. The zero-order chi connectivity index (χ0) is 15.5. The smallest absolute Gasteiger partial charge is 0.126 e. The molecule has 1 atom stereocenters. The van der Waals surface area contributed by atoms with E-state index in [1.54, 1.807) is 0 Å². The Kier molecular flexibility index (Phi) is 5.37. The van der Waals surface area contributed by atoms with Crippen LogP contribution < -0.4 is 5.32 Å². The minimum absolute atomic E-state index is 0.312. The van der Waals surface area contributed by atoms with Gasteiger partial charge in [0.25, 0.3) is 0 Å². The van der Waals surface area contributed by atoms with Gasteiger partial charge in [0.15, 0.2) is 0 Å². The van der Waals surface area contributed by atoms with E-state index in [4.69, 9.17) is 0 Å². The molecule has 1 nitrogen and oxygen atoms in total. The van der Waals surface area contributed by atoms with E-state index in [0.29, 0.717) is 23.8 Å². The van der Waals surface area contributed by atoms with Crippen LogP contribution in [0.4, 0.5) is 8.78 Å². The van der Waals surface area contributed by atoms with E-state index in [9.17, 15) is 8.78 Å². The largest absolute Gasteiger partial charge is 0.314 e. The van der Waals surface area contributed by atoms with Crippen molar-refractivity contribution in [1.29, 1.82) is 0 Å². The summed E-state index contributed by atoms with van der Waals surface area (Å²) < 4.78 is 26.7. The SMILES string of the molecule is CCNC(Cc1cc(F)cc(F)c1)C1CCC(C)(C)CC1. The molecule has 2 rings (SSSR count). The van der Waals surface area contributed by atoms with Crippen LogP contribution in [0.1, 0.15) is 52.0 Å². The van der Waals surface area contributed by atoms with Gasteiger partial charge in [-0.25, -0.2) is 8.78 Å². The van der Waals surface area contributed by atoms with Crippen molar-refractivity contribution in [2.45, 2.75) is 58.9 Å². The maximum absolute atomic E-state index is 13.3. The van der Waals surface area contributed by atoms with Gasteiger partial charge in [0, 0.05) is 12.1 Å². The topological polar surface area (TPSA) is 12.0 Å². The Morgan fingerprint density at radius 3 is 2.24 bits per heavy atom. The second-order valence-corrected chi connectivity index (χ2v) is 7.15. The maximum atomic E-state index is 13.3. The quantitative estimate of drug-likeness (QED) is 0.830. The van der Waals surface area contributed by atoms with Crippen LogP contribution in [-0.2, 0) is 6.42 Å². The number of likely N-dealkylation sites (N-methyl/N-ethyl adjacent to an activating group) is 1. The Morgan fingerprint density at radius 1 is 1.14 bits per heavy atom. The first-order valence-corrected chi connectivity index (χ1v) is 8.08. The lowest BCUT2D eigenvalue weighted by Gasteiger charge is -2.38. The fourth-order valence-electron chi connectivity index (χ4n) is 3.47. The monoisotopic (exact) mass is 295 g/mol. The van der Waals surface area contributed by atoms with Crippen molar-refractivity contribution < 1.29 is 8.78 Å². The molecule has 0 aromatic heterocycles. The number of halogens is 2. The third-order valence-electron chi connectivity index (χ3n) is 4.80. The minimum Gasteiger partial charge on any atom is -0.314 e. The van der Waals surface area contributed by atoms with E-state index in [2.05, 4.69) is 26.1 Å². The van der Waals surface area contributed by atoms with Gasteiger partial charge >= 0.3 is 0 Å². The molecule has 1 aliphatic carbocycles. The molecule has 0 amide bonds. The van der Waals surface area contributed by atoms with Crippen molar-refractivity contribution in [2.24, 2.45) is 11.3 Å². The van der Waals surface area contributed by atoms with Gasteiger partial charge in [0.1, 0.15) is 11.6 Å². The zero-order valence-corrected chi connectivity index (χ0v) is 13.4. The van der Waals surface area contributed by atoms with Crippen molar-refractivity contribution in [2.75, 3.05) is 6.54 Å². The van der Waals surface area contributed by atoms with E-state index in [0.717, 1.165) is 18.2 Å². The summed E-state index contributed by atoms with van der Waals surface area (Å²) in [6.07, 6.45) is 5.56. The molecule has 1 fully saturated rings. The summed E-state index contributed by atoms with van der Waals surface area (Å²) >= 11 is 0. The van der Waals surface area contributed by atoms with Crippen LogP contribution in [0.25, 0.3) is 0 Å². The molecule has 1 aromatic rings. The third-order valence-corrected chi connectivity index (χ3v) is 4.80. The molecule has 1 saturated carbocycles. The minimum atomic E-state index is -0.481. The van der Waals surface area contributed by atoms with Gasteiger partial charge in [0.05, 0.1) is 0 Å². The Hall–Kier alpha value is -0.960. The summed E-state index contributed by atoms with van der Waals surface area (Å²) in [7, 11) is 0.